The Morgan fingerprint density at radius 1 is 0.944 bits per heavy atom. The number of rotatable bonds is 5. The minimum atomic E-state index is -0.495. The van der Waals surface area contributed by atoms with Crippen LogP contribution in [0.2, 0.25) is 0 Å². The van der Waals surface area contributed by atoms with Gasteiger partial charge in [0.05, 0.1) is 4.92 Å². The van der Waals surface area contributed by atoms with Crippen molar-refractivity contribution >= 4 is 39.8 Å². The van der Waals surface area contributed by atoms with Crippen molar-refractivity contribution in [2.75, 3.05) is 36.4 Å². The van der Waals surface area contributed by atoms with E-state index in [2.05, 4.69) is 10.2 Å². The molecule has 4 aromatic rings. The molecule has 0 saturated carbocycles. The van der Waals surface area contributed by atoms with Gasteiger partial charge >= 0.3 is 0 Å². The number of carbonyl (C=O) groups is 2. The topological polar surface area (TPSA) is 109 Å². The Hall–Kier alpha value is -4.66. The van der Waals surface area contributed by atoms with Crippen LogP contribution in [0.4, 0.5) is 17.1 Å². The summed E-state index contributed by atoms with van der Waals surface area (Å²) in [5, 5.41) is 14.9. The van der Waals surface area contributed by atoms with E-state index in [0.717, 1.165) is 11.1 Å². The van der Waals surface area contributed by atoms with Gasteiger partial charge < -0.3 is 19.5 Å². The quantitative estimate of drug-likeness (QED) is 0.320. The zero-order valence-corrected chi connectivity index (χ0v) is 19.6. The van der Waals surface area contributed by atoms with E-state index in [1.165, 1.54) is 12.1 Å². The lowest BCUT2D eigenvalue weighted by Crippen LogP contribution is -2.48. The van der Waals surface area contributed by atoms with Crippen LogP contribution in [-0.2, 0) is 0 Å². The zero-order valence-electron chi connectivity index (χ0n) is 19.6. The number of nitro groups is 1. The average molecular weight is 485 g/mol. The Balaban J connectivity index is 1.20. The van der Waals surface area contributed by atoms with Gasteiger partial charge in [-0.15, -0.1) is 0 Å². The molecule has 0 radical (unpaired) electrons. The predicted octanol–water partition coefficient (Wildman–Crippen LogP) is 4.86. The molecule has 1 fully saturated rings. The van der Waals surface area contributed by atoms with Gasteiger partial charge in [-0.1, -0.05) is 24.3 Å². The third kappa shape index (κ3) is 4.50. The van der Waals surface area contributed by atoms with Gasteiger partial charge in [0.1, 0.15) is 5.58 Å². The average Bonchev–Trinajstić information content (AvgIpc) is 3.33. The highest BCUT2D eigenvalue weighted by Crippen LogP contribution is 2.25. The molecule has 36 heavy (non-hydrogen) atoms. The minimum absolute atomic E-state index is 0.0871. The standard InChI is InChI=1S/C27H24N4O5/c1-18-22(6-4-7-23(18)31(34)35)26(32)28-20-9-11-21(12-10-20)29-13-15-30(16-14-29)27(33)25-17-19-5-2-3-8-24(19)36-25/h2-12,17H,13-16H2,1H3,(H,28,32). The predicted molar refractivity (Wildman–Crippen MR) is 137 cm³/mol. The Kier molecular flexibility index (Phi) is 6.12. The van der Waals surface area contributed by atoms with E-state index < -0.39 is 10.8 Å². The second kappa shape index (κ2) is 9.53. The highest BCUT2D eigenvalue weighted by atomic mass is 16.6. The summed E-state index contributed by atoms with van der Waals surface area (Å²) in [5.74, 6) is -0.161. The molecule has 9 nitrogen and oxygen atoms in total. The number of nitrogens with zero attached hydrogens (tertiary/aromatic N) is 3. The molecule has 0 atom stereocenters. The maximum atomic E-state index is 12.9. The second-order valence-corrected chi connectivity index (χ2v) is 8.64. The van der Waals surface area contributed by atoms with Crippen molar-refractivity contribution in [2.24, 2.45) is 0 Å². The zero-order chi connectivity index (χ0) is 25.2. The van der Waals surface area contributed by atoms with Crippen LogP contribution in [0.5, 0.6) is 0 Å². The van der Waals surface area contributed by atoms with Crippen molar-refractivity contribution in [1.29, 1.82) is 0 Å². The van der Waals surface area contributed by atoms with Crippen LogP contribution in [0.25, 0.3) is 11.0 Å². The summed E-state index contributed by atoms with van der Waals surface area (Å²) < 4.78 is 5.72. The van der Waals surface area contributed by atoms with E-state index in [1.807, 2.05) is 36.4 Å². The van der Waals surface area contributed by atoms with E-state index in [9.17, 15) is 19.7 Å². The fourth-order valence-electron chi connectivity index (χ4n) is 4.43. The third-order valence-corrected chi connectivity index (χ3v) is 6.44. The summed E-state index contributed by atoms with van der Waals surface area (Å²) in [4.78, 5) is 40.2. The number of fused-ring (bicyclic) bond motifs is 1. The van der Waals surface area contributed by atoms with Gasteiger partial charge in [0.15, 0.2) is 5.76 Å². The highest BCUT2D eigenvalue weighted by Gasteiger charge is 2.25. The van der Waals surface area contributed by atoms with Crippen molar-refractivity contribution in [1.82, 2.24) is 4.90 Å². The molecule has 1 saturated heterocycles. The van der Waals surface area contributed by atoms with Gasteiger partial charge in [0, 0.05) is 60.1 Å². The lowest BCUT2D eigenvalue weighted by atomic mass is 10.1. The Morgan fingerprint density at radius 2 is 1.67 bits per heavy atom. The van der Waals surface area contributed by atoms with E-state index in [1.54, 1.807) is 36.1 Å². The third-order valence-electron chi connectivity index (χ3n) is 6.44. The Morgan fingerprint density at radius 3 is 2.36 bits per heavy atom. The largest absolute Gasteiger partial charge is 0.451 e. The second-order valence-electron chi connectivity index (χ2n) is 8.64. The summed E-state index contributed by atoms with van der Waals surface area (Å²) in [6.07, 6.45) is 0. The highest BCUT2D eigenvalue weighted by molar-refractivity contribution is 6.06. The fourth-order valence-corrected chi connectivity index (χ4v) is 4.43. The van der Waals surface area contributed by atoms with Crippen molar-refractivity contribution in [3.63, 3.8) is 0 Å². The number of piperazine rings is 1. The smallest absolute Gasteiger partial charge is 0.289 e. The van der Waals surface area contributed by atoms with E-state index in [0.29, 0.717) is 48.8 Å². The van der Waals surface area contributed by atoms with Crippen molar-refractivity contribution in [2.45, 2.75) is 6.92 Å². The van der Waals surface area contributed by atoms with Gasteiger partial charge in [0.2, 0.25) is 0 Å². The first-order valence-electron chi connectivity index (χ1n) is 11.6. The number of hydrogen-bond donors (Lipinski definition) is 1. The van der Waals surface area contributed by atoms with Gasteiger partial charge in [-0.3, -0.25) is 19.7 Å². The van der Waals surface area contributed by atoms with Crippen molar-refractivity contribution < 1.29 is 18.9 Å². The molecule has 1 aliphatic rings. The van der Waals surface area contributed by atoms with E-state index in [-0.39, 0.29) is 17.2 Å². The molecule has 1 aromatic heterocycles. The van der Waals surface area contributed by atoms with Crippen LogP contribution in [0.3, 0.4) is 0 Å². The van der Waals surface area contributed by atoms with Crippen LogP contribution in [0.1, 0.15) is 26.5 Å². The molecule has 1 N–H and O–H groups in total. The summed E-state index contributed by atoms with van der Waals surface area (Å²) in [7, 11) is 0. The first-order valence-corrected chi connectivity index (χ1v) is 11.6. The number of hydrogen-bond acceptors (Lipinski definition) is 6. The number of furan rings is 1. The van der Waals surface area contributed by atoms with Gasteiger partial charge in [0.25, 0.3) is 17.5 Å². The molecule has 1 aliphatic heterocycles. The van der Waals surface area contributed by atoms with Gasteiger partial charge in [-0.05, 0) is 49.4 Å². The molecule has 0 spiro atoms. The number of nitrogens with one attached hydrogen (secondary N) is 1. The molecule has 182 valence electrons. The molecule has 2 heterocycles. The molecule has 5 rings (SSSR count). The number of carbonyl (C=O) groups excluding carboxylic acids is 2. The first-order chi connectivity index (χ1) is 17.4. The Labute approximate surface area is 207 Å². The van der Waals surface area contributed by atoms with Crippen LogP contribution in [0, 0.1) is 17.0 Å². The molecule has 0 aliphatic carbocycles. The Bertz CT molecular complexity index is 1420. The van der Waals surface area contributed by atoms with Gasteiger partial charge in [-0.2, -0.15) is 0 Å². The van der Waals surface area contributed by atoms with Crippen LogP contribution >= 0.6 is 0 Å². The molecule has 3 aromatic carbocycles. The molecular formula is C27H24N4O5. The summed E-state index contributed by atoms with van der Waals surface area (Å²) in [6.45, 7) is 4.05. The van der Waals surface area contributed by atoms with Crippen LogP contribution < -0.4 is 10.2 Å². The molecule has 0 bridgehead atoms. The number of anilines is 2. The van der Waals surface area contributed by atoms with Crippen molar-refractivity contribution in [3.8, 4) is 0 Å². The van der Waals surface area contributed by atoms with Crippen LogP contribution in [0.15, 0.2) is 77.2 Å². The maximum absolute atomic E-state index is 12.9. The number of benzene rings is 3. The van der Waals surface area contributed by atoms with Crippen molar-refractivity contribution in [3.05, 3.63) is 99.8 Å². The summed E-state index contributed by atoms with van der Waals surface area (Å²) in [5.41, 5.74) is 2.78. The first kappa shape index (κ1) is 23.1. The normalized spacial score (nSPS) is 13.6. The molecule has 9 heteroatoms. The molecule has 0 unspecified atom stereocenters. The molecular weight excluding hydrogens is 460 g/mol. The minimum Gasteiger partial charge on any atom is -0.451 e. The van der Waals surface area contributed by atoms with Gasteiger partial charge in [-0.25, -0.2) is 0 Å². The number of nitro benzene ring substituents is 1. The van der Waals surface area contributed by atoms with E-state index >= 15 is 0 Å². The lowest BCUT2D eigenvalue weighted by molar-refractivity contribution is -0.385. The van der Waals surface area contributed by atoms with E-state index in [4.69, 9.17) is 4.42 Å². The fraction of sp³-hybridized carbons (Fsp3) is 0.185. The maximum Gasteiger partial charge on any atom is 0.289 e. The lowest BCUT2D eigenvalue weighted by Gasteiger charge is -2.35. The monoisotopic (exact) mass is 484 g/mol. The summed E-state index contributed by atoms with van der Waals surface area (Å²) >= 11 is 0. The number of para-hydroxylation sites is 1. The summed E-state index contributed by atoms with van der Waals surface area (Å²) in [6, 6.07) is 21.2. The van der Waals surface area contributed by atoms with Crippen LogP contribution in [-0.4, -0.2) is 47.8 Å². The number of amides is 2. The molecule has 2 amide bonds. The SMILES string of the molecule is Cc1c(C(=O)Nc2ccc(N3CCN(C(=O)c4cc5ccccc5o4)CC3)cc2)cccc1[N+](=O)[O-].